The third kappa shape index (κ3) is 5.29. The van der Waals surface area contributed by atoms with Crippen molar-refractivity contribution in [2.45, 2.75) is 12.5 Å². The molecule has 1 heterocycles. The van der Waals surface area contributed by atoms with E-state index < -0.39 is 23.6 Å². The van der Waals surface area contributed by atoms with Crippen molar-refractivity contribution in [1.29, 1.82) is 5.41 Å². The van der Waals surface area contributed by atoms with Crippen molar-refractivity contribution in [3.8, 4) is 0 Å². The van der Waals surface area contributed by atoms with Gasteiger partial charge >= 0.3 is 0 Å². The van der Waals surface area contributed by atoms with Crippen molar-refractivity contribution < 1.29 is 13.6 Å². The van der Waals surface area contributed by atoms with Crippen molar-refractivity contribution in [3.63, 3.8) is 0 Å². The van der Waals surface area contributed by atoms with E-state index in [1.54, 1.807) is 13.1 Å². The van der Waals surface area contributed by atoms with E-state index in [0.29, 0.717) is 26.0 Å². The molecule has 28 heavy (non-hydrogen) atoms. The molecule has 0 fully saturated rings. The summed E-state index contributed by atoms with van der Waals surface area (Å²) >= 11 is 13.3. The highest BCUT2D eigenvalue weighted by molar-refractivity contribution is 7.18. The van der Waals surface area contributed by atoms with Gasteiger partial charge in [-0.05, 0) is 30.2 Å². The van der Waals surface area contributed by atoms with Gasteiger partial charge in [-0.1, -0.05) is 29.3 Å². The van der Waals surface area contributed by atoms with Gasteiger partial charge in [0.2, 0.25) is 0 Å². The van der Waals surface area contributed by atoms with Crippen LogP contribution < -0.4 is 16.4 Å². The Hall–Kier alpha value is -2.00. The highest BCUT2D eigenvalue weighted by Gasteiger charge is 2.20. The predicted octanol–water partition coefficient (Wildman–Crippen LogP) is 3.76. The molecule has 5 N–H and O–H groups in total. The van der Waals surface area contributed by atoms with Crippen LogP contribution in [-0.2, 0) is 6.42 Å². The van der Waals surface area contributed by atoms with E-state index >= 15 is 0 Å². The average Bonchev–Trinajstić information content (AvgIpc) is 3.06. The van der Waals surface area contributed by atoms with Crippen molar-refractivity contribution >= 4 is 52.4 Å². The zero-order valence-electron chi connectivity index (χ0n) is 14.8. The van der Waals surface area contributed by atoms with Gasteiger partial charge in [0.15, 0.2) is 11.6 Å². The van der Waals surface area contributed by atoms with Gasteiger partial charge in [0.25, 0.3) is 5.91 Å². The topological polar surface area (TPSA) is 91.0 Å². The summed E-state index contributed by atoms with van der Waals surface area (Å²) < 4.78 is 26.8. The lowest BCUT2D eigenvalue weighted by atomic mass is 10.1. The number of allylic oxidation sites excluding steroid dienone is 1. The number of nitrogens with one attached hydrogen (secondary N) is 3. The maximum atomic E-state index is 13.4. The lowest BCUT2D eigenvalue weighted by Gasteiger charge is -2.16. The predicted molar refractivity (Wildman–Crippen MR) is 110 cm³/mol. The second kappa shape index (κ2) is 9.97. The van der Waals surface area contributed by atoms with Crippen molar-refractivity contribution in [3.05, 3.63) is 61.3 Å². The van der Waals surface area contributed by atoms with Gasteiger partial charge < -0.3 is 21.8 Å². The van der Waals surface area contributed by atoms with E-state index in [9.17, 15) is 13.6 Å². The zero-order valence-corrected chi connectivity index (χ0v) is 17.1. The highest BCUT2D eigenvalue weighted by Crippen LogP contribution is 2.33. The van der Waals surface area contributed by atoms with E-state index in [1.165, 1.54) is 6.07 Å². The Balaban J connectivity index is 2.18. The summed E-state index contributed by atoms with van der Waals surface area (Å²) in [6.07, 6.45) is 1.21. The fourth-order valence-electron chi connectivity index (χ4n) is 2.51. The number of carbonyl (C=O) groups excluding carboxylic acids is 1. The second-order valence-electron chi connectivity index (χ2n) is 5.77. The highest BCUT2D eigenvalue weighted by atomic mass is 35.5. The zero-order chi connectivity index (χ0) is 20.8. The number of thiophene rings is 1. The van der Waals surface area contributed by atoms with Crippen LogP contribution in [0.15, 0.2) is 29.3 Å². The van der Waals surface area contributed by atoms with Crippen molar-refractivity contribution in [1.82, 2.24) is 10.6 Å². The fraction of sp³-hybridized carbons (Fsp3) is 0.222. The molecular weight excluding hydrogens is 429 g/mol. The minimum absolute atomic E-state index is 0.109. The summed E-state index contributed by atoms with van der Waals surface area (Å²) in [6, 6.07) is 4.63. The first-order valence-corrected chi connectivity index (χ1v) is 9.70. The first-order chi connectivity index (χ1) is 13.3. The summed E-state index contributed by atoms with van der Waals surface area (Å²) in [5, 5.41) is 13.0. The number of halogens is 4. The smallest absolute Gasteiger partial charge is 0.261 e. The van der Waals surface area contributed by atoms with Crippen LogP contribution in [0.3, 0.4) is 0 Å². The molecule has 1 atom stereocenters. The molecule has 0 aliphatic heterocycles. The number of hydrogen-bond acceptors (Lipinski definition) is 5. The van der Waals surface area contributed by atoms with Crippen molar-refractivity contribution in [2.75, 3.05) is 13.6 Å². The summed E-state index contributed by atoms with van der Waals surface area (Å²) in [5.41, 5.74) is 7.15. The van der Waals surface area contributed by atoms with Crippen molar-refractivity contribution in [2.24, 2.45) is 5.73 Å². The van der Waals surface area contributed by atoms with Crippen LogP contribution in [0.4, 0.5) is 8.78 Å². The number of amides is 1. The fourth-order valence-corrected chi connectivity index (χ4v) is 3.89. The molecular formula is C18H18Cl2F2N4OS. The van der Waals surface area contributed by atoms with E-state index in [4.69, 9.17) is 34.3 Å². The Bertz CT molecular complexity index is 917. The Morgan fingerprint density at radius 1 is 1.36 bits per heavy atom. The van der Waals surface area contributed by atoms with Gasteiger partial charge in [-0.3, -0.25) is 4.79 Å². The minimum Gasteiger partial charge on any atom is -0.386 e. The molecule has 0 unspecified atom stereocenters. The average molecular weight is 447 g/mol. The first kappa shape index (κ1) is 22.3. The van der Waals surface area contributed by atoms with Crippen LogP contribution in [0.25, 0.3) is 5.70 Å². The Morgan fingerprint density at radius 3 is 2.64 bits per heavy atom. The molecule has 1 amide bonds. The quantitative estimate of drug-likeness (QED) is 0.465. The van der Waals surface area contributed by atoms with Gasteiger partial charge in [0.05, 0.1) is 15.6 Å². The minimum atomic E-state index is -0.955. The molecule has 10 heteroatoms. The van der Waals surface area contributed by atoms with E-state index in [0.717, 1.165) is 29.7 Å². The number of rotatable bonds is 8. The standard InChI is InChI=1S/C18H18Cl2F2N4OS/c1-25-16(12(19)8-24)11-6-15(28-17(11)20)18(27)26-10(7-23)4-9-2-3-13(21)14(22)5-9/h2-3,5-6,8,10,24-25H,4,7,23H2,1H3,(H,26,27)/b16-12+,24-8?/t10-/m0/s1. The molecule has 1 aromatic heterocycles. The molecule has 0 aliphatic carbocycles. The SMILES string of the molecule is CN/C(=C(/Cl)C=N)c1cc(C(=O)N[C@H](CN)Cc2ccc(F)c(F)c2)sc1Cl. The summed E-state index contributed by atoms with van der Waals surface area (Å²) in [4.78, 5) is 12.9. The molecule has 0 aliphatic rings. The van der Waals surface area contributed by atoms with Crippen LogP contribution in [0.5, 0.6) is 0 Å². The summed E-state index contributed by atoms with van der Waals surface area (Å²) in [5.74, 6) is -2.30. The van der Waals surface area contributed by atoms with Gasteiger partial charge in [-0.2, -0.15) is 0 Å². The van der Waals surface area contributed by atoms with Crippen LogP contribution >= 0.6 is 34.5 Å². The molecule has 0 saturated carbocycles. The molecule has 0 radical (unpaired) electrons. The lowest BCUT2D eigenvalue weighted by molar-refractivity contribution is 0.0942. The van der Waals surface area contributed by atoms with Crippen LogP contribution in [0.1, 0.15) is 20.8 Å². The van der Waals surface area contributed by atoms with E-state index in [1.807, 2.05) is 0 Å². The molecule has 0 spiro atoms. The number of benzene rings is 1. The van der Waals surface area contributed by atoms with Gasteiger partial charge in [0, 0.05) is 31.4 Å². The normalized spacial score (nSPS) is 12.9. The first-order valence-electron chi connectivity index (χ1n) is 8.13. The number of nitrogens with two attached hydrogens (primary N) is 1. The number of hydrogen-bond donors (Lipinski definition) is 4. The maximum absolute atomic E-state index is 13.4. The Labute approximate surface area is 175 Å². The monoisotopic (exact) mass is 446 g/mol. The van der Waals surface area contributed by atoms with E-state index in [-0.39, 0.29) is 18.0 Å². The second-order valence-corrected chi connectivity index (χ2v) is 7.84. The van der Waals surface area contributed by atoms with Crippen LogP contribution in [-0.4, -0.2) is 31.8 Å². The van der Waals surface area contributed by atoms with E-state index in [2.05, 4.69) is 10.6 Å². The summed E-state index contributed by atoms with van der Waals surface area (Å²) in [6.45, 7) is 0.109. The third-order valence-electron chi connectivity index (χ3n) is 3.88. The molecule has 5 nitrogen and oxygen atoms in total. The molecule has 0 saturated heterocycles. The number of carbonyl (C=O) groups is 1. The van der Waals surface area contributed by atoms with Crippen LogP contribution in [0, 0.1) is 17.0 Å². The lowest BCUT2D eigenvalue weighted by Crippen LogP contribution is -2.41. The van der Waals surface area contributed by atoms with Gasteiger partial charge in [0.1, 0.15) is 4.34 Å². The largest absolute Gasteiger partial charge is 0.386 e. The molecule has 2 rings (SSSR count). The third-order valence-corrected chi connectivity index (χ3v) is 5.54. The van der Waals surface area contributed by atoms with Gasteiger partial charge in [-0.25, -0.2) is 8.78 Å². The molecule has 2 aromatic rings. The maximum Gasteiger partial charge on any atom is 0.261 e. The summed E-state index contributed by atoms with van der Waals surface area (Å²) in [7, 11) is 1.63. The molecule has 1 aromatic carbocycles. The van der Waals surface area contributed by atoms with Crippen LogP contribution in [0.2, 0.25) is 4.34 Å². The van der Waals surface area contributed by atoms with Gasteiger partial charge in [-0.15, -0.1) is 11.3 Å². The molecule has 0 bridgehead atoms. The molecule has 150 valence electrons. The Morgan fingerprint density at radius 2 is 2.07 bits per heavy atom. The Kier molecular flexibility index (Phi) is 7.94.